The minimum atomic E-state index is -0.815. The highest BCUT2D eigenvalue weighted by Gasteiger charge is 2.22. The molecule has 2 rings (SSSR count). The first-order valence-electron chi connectivity index (χ1n) is 6.89. The summed E-state index contributed by atoms with van der Waals surface area (Å²) in [5.74, 6) is -0.512. The summed E-state index contributed by atoms with van der Waals surface area (Å²) in [5, 5.41) is 8.87. The van der Waals surface area contributed by atoms with Crippen molar-refractivity contribution >= 4 is 5.97 Å². The SMILES string of the molecule is N[C@@H](CCO)C(=O)OC(c1ccccc1)c1ccccc1. The molecule has 2 aromatic carbocycles. The molecule has 0 unspecified atom stereocenters. The van der Waals surface area contributed by atoms with Gasteiger partial charge in [-0.25, -0.2) is 0 Å². The van der Waals surface area contributed by atoms with Gasteiger partial charge in [-0.2, -0.15) is 0 Å². The minimum absolute atomic E-state index is 0.141. The molecular weight excluding hydrogens is 266 g/mol. The monoisotopic (exact) mass is 285 g/mol. The van der Waals surface area contributed by atoms with Crippen molar-refractivity contribution in [2.75, 3.05) is 6.61 Å². The molecule has 0 aliphatic rings. The number of carbonyl (C=O) groups excluding carboxylic acids is 1. The van der Waals surface area contributed by atoms with E-state index in [1.165, 1.54) is 0 Å². The van der Waals surface area contributed by atoms with Crippen molar-refractivity contribution in [3.8, 4) is 0 Å². The maximum absolute atomic E-state index is 12.0. The number of aliphatic hydroxyl groups excluding tert-OH is 1. The van der Waals surface area contributed by atoms with Gasteiger partial charge in [-0.05, 0) is 17.5 Å². The Morgan fingerprint density at radius 2 is 1.48 bits per heavy atom. The Bertz CT molecular complexity index is 517. The van der Waals surface area contributed by atoms with Crippen LogP contribution in [0.1, 0.15) is 23.7 Å². The first-order chi connectivity index (χ1) is 10.2. The maximum Gasteiger partial charge on any atom is 0.323 e. The fourth-order valence-electron chi connectivity index (χ4n) is 2.04. The van der Waals surface area contributed by atoms with Crippen molar-refractivity contribution in [2.24, 2.45) is 5.73 Å². The number of nitrogens with two attached hydrogens (primary N) is 1. The molecule has 0 radical (unpaired) electrons. The number of carbonyl (C=O) groups is 1. The van der Waals surface area contributed by atoms with Crippen LogP contribution in [-0.2, 0) is 9.53 Å². The van der Waals surface area contributed by atoms with Gasteiger partial charge in [-0.15, -0.1) is 0 Å². The van der Waals surface area contributed by atoms with Crippen LogP contribution in [0.2, 0.25) is 0 Å². The molecule has 0 bridgehead atoms. The highest BCUT2D eigenvalue weighted by atomic mass is 16.5. The van der Waals surface area contributed by atoms with E-state index in [2.05, 4.69) is 0 Å². The Balaban J connectivity index is 2.23. The number of esters is 1. The summed E-state index contributed by atoms with van der Waals surface area (Å²) in [6.45, 7) is -0.141. The zero-order valence-corrected chi connectivity index (χ0v) is 11.7. The molecule has 0 saturated carbocycles. The number of rotatable bonds is 6. The van der Waals surface area contributed by atoms with Gasteiger partial charge < -0.3 is 15.6 Å². The summed E-state index contributed by atoms with van der Waals surface area (Å²) in [6, 6.07) is 18.2. The predicted molar refractivity (Wildman–Crippen MR) is 80.5 cm³/mol. The minimum Gasteiger partial charge on any atom is -0.451 e. The van der Waals surface area contributed by atoms with Crippen LogP contribution in [0.25, 0.3) is 0 Å². The van der Waals surface area contributed by atoms with Crippen molar-refractivity contribution in [1.82, 2.24) is 0 Å². The van der Waals surface area contributed by atoms with Crippen LogP contribution in [-0.4, -0.2) is 23.7 Å². The molecule has 0 spiro atoms. The van der Waals surface area contributed by atoms with Gasteiger partial charge in [0, 0.05) is 6.61 Å². The van der Waals surface area contributed by atoms with Crippen molar-refractivity contribution in [3.63, 3.8) is 0 Å². The van der Waals surface area contributed by atoms with E-state index in [9.17, 15) is 4.79 Å². The summed E-state index contributed by atoms with van der Waals surface area (Å²) in [5.41, 5.74) is 7.46. The molecule has 0 aromatic heterocycles. The number of hydrogen-bond donors (Lipinski definition) is 2. The Kier molecular flexibility index (Phi) is 5.49. The second kappa shape index (κ2) is 7.57. The van der Waals surface area contributed by atoms with E-state index < -0.39 is 18.1 Å². The predicted octanol–water partition coefficient (Wildman–Crippen LogP) is 2.03. The van der Waals surface area contributed by atoms with E-state index in [0.717, 1.165) is 11.1 Å². The lowest BCUT2D eigenvalue weighted by atomic mass is 10.0. The van der Waals surface area contributed by atoms with Gasteiger partial charge >= 0.3 is 5.97 Å². The molecule has 0 amide bonds. The fraction of sp³-hybridized carbons (Fsp3) is 0.235. The molecule has 3 N–H and O–H groups in total. The zero-order valence-electron chi connectivity index (χ0n) is 11.7. The molecule has 0 heterocycles. The molecule has 4 heteroatoms. The van der Waals surface area contributed by atoms with Gasteiger partial charge in [-0.1, -0.05) is 60.7 Å². The number of hydrogen-bond acceptors (Lipinski definition) is 4. The lowest BCUT2D eigenvalue weighted by Crippen LogP contribution is -2.34. The van der Waals surface area contributed by atoms with Gasteiger partial charge in [0.2, 0.25) is 0 Å². The third-order valence-electron chi connectivity index (χ3n) is 3.18. The lowest BCUT2D eigenvalue weighted by molar-refractivity contribution is -0.149. The Hall–Kier alpha value is -2.17. The van der Waals surface area contributed by atoms with Crippen LogP contribution in [0.5, 0.6) is 0 Å². The van der Waals surface area contributed by atoms with E-state index in [4.69, 9.17) is 15.6 Å². The van der Waals surface area contributed by atoms with E-state index >= 15 is 0 Å². The molecule has 21 heavy (non-hydrogen) atoms. The number of benzene rings is 2. The van der Waals surface area contributed by atoms with Gasteiger partial charge in [0.15, 0.2) is 6.10 Å². The second-order valence-electron chi connectivity index (χ2n) is 4.76. The van der Waals surface area contributed by atoms with Crippen LogP contribution in [0.4, 0.5) is 0 Å². The summed E-state index contributed by atoms with van der Waals surface area (Å²) < 4.78 is 5.56. The molecule has 0 aliphatic carbocycles. The zero-order chi connectivity index (χ0) is 15.1. The van der Waals surface area contributed by atoms with Crippen LogP contribution in [0.3, 0.4) is 0 Å². The van der Waals surface area contributed by atoms with Crippen LogP contribution < -0.4 is 5.73 Å². The molecule has 2 aromatic rings. The van der Waals surface area contributed by atoms with Crippen LogP contribution in [0, 0.1) is 0 Å². The summed E-state index contributed by atoms with van der Waals surface area (Å²) >= 11 is 0. The lowest BCUT2D eigenvalue weighted by Gasteiger charge is -2.20. The topological polar surface area (TPSA) is 72.5 Å². The number of aliphatic hydroxyl groups is 1. The van der Waals surface area contributed by atoms with E-state index in [1.54, 1.807) is 0 Å². The standard InChI is InChI=1S/C17H19NO3/c18-15(11-12-19)17(20)21-16(13-7-3-1-4-8-13)14-9-5-2-6-10-14/h1-10,15-16,19H,11-12,18H2/t15-/m0/s1. The van der Waals surface area contributed by atoms with Crippen molar-refractivity contribution in [1.29, 1.82) is 0 Å². The van der Waals surface area contributed by atoms with Crippen molar-refractivity contribution < 1.29 is 14.6 Å². The quantitative estimate of drug-likeness (QED) is 0.797. The average Bonchev–Trinajstić information content (AvgIpc) is 2.54. The normalized spacial score (nSPS) is 12.1. The molecule has 0 saturated heterocycles. The van der Waals surface area contributed by atoms with Gasteiger partial charge in [0.05, 0.1) is 0 Å². The van der Waals surface area contributed by atoms with E-state index in [-0.39, 0.29) is 13.0 Å². The third-order valence-corrected chi connectivity index (χ3v) is 3.18. The van der Waals surface area contributed by atoms with Crippen molar-refractivity contribution in [2.45, 2.75) is 18.6 Å². The fourth-order valence-corrected chi connectivity index (χ4v) is 2.04. The molecular formula is C17H19NO3. The number of ether oxygens (including phenoxy) is 1. The highest BCUT2D eigenvalue weighted by molar-refractivity contribution is 5.76. The van der Waals surface area contributed by atoms with Crippen LogP contribution >= 0.6 is 0 Å². The summed E-state index contributed by atoms with van der Waals surface area (Å²) in [4.78, 5) is 12.0. The average molecular weight is 285 g/mol. The molecule has 110 valence electrons. The van der Waals surface area contributed by atoms with Gasteiger partial charge in [0.1, 0.15) is 6.04 Å². The van der Waals surface area contributed by atoms with Gasteiger partial charge in [0.25, 0.3) is 0 Å². The third kappa shape index (κ3) is 4.15. The smallest absolute Gasteiger partial charge is 0.323 e. The molecule has 0 aliphatic heterocycles. The largest absolute Gasteiger partial charge is 0.451 e. The van der Waals surface area contributed by atoms with E-state index in [1.807, 2.05) is 60.7 Å². The van der Waals surface area contributed by atoms with Crippen LogP contribution in [0.15, 0.2) is 60.7 Å². The Labute approximate surface area is 124 Å². The summed E-state index contributed by atoms with van der Waals surface area (Å²) in [7, 11) is 0. The first kappa shape index (κ1) is 15.2. The Morgan fingerprint density at radius 1 is 1.00 bits per heavy atom. The second-order valence-corrected chi connectivity index (χ2v) is 4.76. The van der Waals surface area contributed by atoms with Crippen molar-refractivity contribution in [3.05, 3.63) is 71.8 Å². The van der Waals surface area contributed by atoms with E-state index in [0.29, 0.717) is 0 Å². The maximum atomic E-state index is 12.0. The molecule has 0 fully saturated rings. The molecule has 1 atom stereocenters. The highest BCUT2D eigenvalue weighted by Crippen LogP contribution is 2.26. The molecule has 4 nitrogen and oxygen atoms in total. The first-order valence-corrected chi connectivity index (χ1v) is 6.89. The Morgan fingerprint density at radius 3 is 1.90 bits per heavy atom. The summed E-state index contributed by atoms with van der Waals surface area (Å²) in [6.07, 6.45) is -0.306. The van der Waals surface area contributed by atoms with Gasteiger partial charge in [-0.3, -0.25) is 4.79 Å².